The van der Waals surface area contributed by atoms with Crippen LogP contribution in [0.1, 0.15) is 13.8 Å². The number of amidine groups is 1. The highest BCUT2D eigenvalue weighted by atomic mass is 32.2. The van der Waals surface area contributed by atoms with Crippen molar-refractivity contribution in [3.63, 3.8) is 0 Å². The van der Waals surface area contributed by atoms with Crippen LogP contribution < -0.4 is 5.32 Å². The lowest BCUT2D eigenvalue weighted by atomic mass is 10.2. The van der Waals surface area contributed by atoms with Crippen molar-refractivity contribution in [3.05, 3.63) is 0 Å². The van der Waals surface area contributed by atoms with Crippen molar-refractivity contribution >= 4 is 28.5 Å². The molecule has 1 atom stereocenters. The molecule has 1 aliphatic rings. The first-order chi connectivity index (χ1) is 8.42. The van der Waals surface area contributed by atoms with E-state index in [0.29, 0.717) is 5.71 Å². The summed E-state index contributed by atoms with van der Waals surface area (Å²) in [6, 6.07) is 0. The second-order valence-corrected chi connectivity index (χ2v) is 4.83. The Morgan fingerprint density at radius 2 is 1.79 bits per heavy atom. The van der Waals surface area contributed by atoms with E-state index in [0.717, 1.165) is 0 Å². The van der Waals surface area contributed by atoms with Gasteiger partial charge in [-0.2, -0.15) is 27.1 Å². The lowest BCUT2D eigenvalue weighted by molar-refractivity contribution is -0.304. The van der Waals surface area contributed by atoms with Crippen LogP contribution in [0.2, 0.25) is 0 Å². The maximum Gasteiger partial charge on any atom is 0.458 e. The quantitative estimate of drug-likeness (QED) is 0.484. The third-order valence-electron chi connectivity index (χ3n) is 1.85. The molecule has 1 amide bonds. The Morgan fingerprint density at radius 3 is 2.21 bits per heavy atom. The molecule has 19 heavy (non-hydrogen) atoms. The van der Waals surface area contributed by atoms with Crippen molar-refractivity contribution in [3.8, 4) is 0 Å². The largest absolute Gasteiger partial charge is 0.458 e. The standard InChI is InChI=1S/C8H7F6N3OS/c1-3(2)16-17-5-15-4(18)6(9,19-5)7(10,11)8(12,13)14/h1-2H3,(H,15,17,18). The molecule has 108 valence electrons. The molecule has 1 fully saturated rings. The minimum absolute atomic E-state index is 0.335. The van der Waals surface area contributed by atoms with Gasteiger partial charge in [0.2, 0.25) is 0 Å². The summed E-state index contributed by atoms with van der Waals surface area (Å²) >= 11 is -0.658. The smallest absolute Gasteiger partial charge is 0.300 e. The summed E-state index contributed by atoms with van der Waals surface area (Å²) in [4.78, 5) is 11.0. The van der Waals surface area contributed by atoms with Gasteiger partial charge in [-0.3, -0.25) is 10.1 Å². The van der Waals surface area contributed by atoms with Gasteiger partial charge in [-0.1, -0.05) is 0 Å². The number of carbonyl (C=O) groups excluding carboxylic acids is 1. The van der Waals surface area contributed by atoms with Crippen molar-refractivity contribution < 1.29 is 31.1 Å². The Bertz CT molecular complexity index is 456. The van der Waals surface area contributed by atoms with Crippen LogP contribution in [0.5, 0.6) is 0 Å². The molecule has 1 heterocycles. The normalized spacial score (nSPS) is 26.5. The fourth-order valence-corrected chi connectivity index (χ4v) is 1.84. The second-order valence-electron chi connectivity index (χ2n) is 3.68. The predicted molar refractivity (Wildman–Crippen MR) is 56.8 cm³/mol. The highest BCUT2D eigenvalue weighted by molar-refractivity contribution is 8.16. The van der Waals surface area contributed by atoms with Crippen LogP contribution in [-0.4, -0.2) is 33.9 Å². The molecule has 0 aromatic rings. The Hall–Kier alpha value is -1.26. The van der Waals surface area contributed by atoms with E-state index in [4.69, 9.17) is 0 Å². The van der Waals surface area contributed by atoms with Crippen molar-refractivity contribution in [2.24, 2.45) is 10.2 Å². The number of nitrogens with one attached hydrogen (secondary N) is 1. The number of nitrogens with zero attached hydrogens (tertiary/aromatic N) is 2. The van der Waals surface area contributed by atoms with Crippen molar-refractivity contribution in [2.45, 2.75) is 30.9 Å². The fourth-order valence-electron chi connectivity index (χ4n) is 0.962. The van der Waals surface area contributed by atoms with Crippen LogP contribution in [0.15, 0.2) is 10.2 Å². The first-order valence-corrected chi connectivity index (χ1v) is 5.46. The predicted octanol–water partition coefficient (Wildman–Crippen LogP) is 2.46. The summed E-state index contributed by atoms with van der Waals surface area (Å²) in [5.41, 5.74) is 0.335. The van der Waals surface area contributed by atoms with Gasteiger partial charge in [-0.15, -0.1) is 5.10 Å². The summed E-state index contributed by atoms with van der Waals surface area (Å²) < 4.78 is 75.9. The molecule has 1 unspecified atom stereocenters. The van der Waals surface area contributed by atoms with E-state index in [9.17, 15) is 31.1 Å². The number of rotatable bonds is 2. The van der Waals surface area contributed by atoms with E-state index in [1.807, 2.05) is 0 Å². The molecule has 0 aromatic heterocycles. The summed E-state index contributed by atoms with van der Waals surface area (Å²) in [5.74, 6) is -7.97. The Balaban J connectivity index is 3.12. The molecular weight excluding hydrogens is 300 g/mol. The first kappa shape index (κ1) is 15.8. The van der Waals surface area contributed by atoms with Gasteiger partial charge in [0.05, 0.1) is 0 Å². The van der Waals surface area contributed by atoms with Crippen molar-refractivity contribution in [1.29, 1.82) is 0 Å². The molecule has 0 bridgehead atoms. The molecule has 1 aliphatic heterocycles. The SMILES string of the molecule is CC(C)=NN=C1NC(=O)C(F)(C(F)(F)C(F)(F)F)S1. The molecule has 1 N–H and O–H groups in total. The van der Waals surface area contributed by atoms with Crippen LogP contribution in [0.3, 0.4) is 0 Å². The summed E-state index contributed by atoms with van der Waals surface area (Å²) in [7, 11) is 0. The maximum absolute atomic E-state index is 13.7. The van der Waals surface area contributed by atoms with Crippen molar-refractivity contribution in [1.82, 2.24) is 5.32 Å². The number of halogens is 6. The number of carbonyl (C=O) groups is 1. The van der Waals surface area contributed by atoms with Gasteiger partial charge in [0.15, 0.2) is 5.17 Å². The zero-order valence-electron chi connectivity index (χ0n) is 9.48. The average molecular weight is 307 g/mol. The Kier molecular flexibility index (Phi) is 3.90. The third-order valence-corrected chi connectivity index (χ3v) is 2.95. The molecule has 4 nitrogen and oxygen atoms in total. The summed E-state index contributed by atoms with van der Waals surface area (Å²) in [6.07, 6.45) is -6.20. The van der Waals surface area contributed by atoms with E-state index in [1.54, 1.807) is 0 Å². The lowest BCUT2D eigenvalue weighted by Crippen LogP contribution is -2.56. The second kappa shape index (κ2) is 4.69. The van der Waals surface area contributed by atoms with Gasteiger partial charge < -0.3 is 0 Å². The topological polar surface area (TPSA) is 53.8 Å². The molecule has 1 rings (SSSR count). The number of hydrogen-bond donors (Lipinski definition) is 1. The van der Waals surface area contributed by atoms with Crippen LogP contribution in [0.25, 0.3) is 0 Å². The maximum atomic E-state index is 13.7. The zero-order chi connectivity index (χ0) is 15.1. The van der Waals surface area contributed by atoms with Gasteiger partial charge in [0.25, 0.3) is 5.91 Å². The first-order valence-electron chi connectivity index (χ1n) is 4.64. The lowest BCUT2D eigenvalue weighted by Gasteiger charge is -2.27. The molecule has 0 aliphatic carbocycles. The minimum Gasteiger partial charge on any atom is -0.300 e. The third kappa shape index (κ3) is 2.69. The van der Waals surface area contributed by atoms with E-state index >= 15 is 0 Å². The van der Waals surface area contributed by atoms with Gasteiger partial charge >= 0.3 is 17.1 Å². The van der Waals surface area contributed by atoms with E-state index < -0.39 is 39.9 Å². The van der Waals surface area contributed by atoms with Crippen LogP contribution in [-0.2, 0) is 4.79 Å². The number of amides is 1. The molecule has 1 saturated heterocycles. The monoisotopic (exact) mass is 307 g/mol. The average Bonchev–Trinajstić information content (AvgIpc) is 2.52. The number of alkyl halides is 6. The van der Waals surface area contributed by atoms with E-state index in [1.165, 1.54) is 19.2 Å². The molecule has 0 saturated carbocycles. The molecular formula is C8H7F6N3OS. The number of hydrogen-bond acceptors (Lipinski definition) is 4. The molecule has 0 spiro atoms. The number of thioether (sulfide) groups is 1. The fraction of sp³-hybridized carbons (Fsp3) is 0.625. The van der Waals surface area contributed by atoms with Gasteiger partial charge in [-0.25, -0.2) is 4.39 Å². The van der Waals surface area contributed by atoms with Gasteiger partial charge in [0.1, 0.15) is 0 Å². The molecule has 0 radical (unpaired) electrons. The van der Waals surface area contributed by atoms with E-state index in [-0.39, 0.29) is 0 Å². The van der Waals surface area contributed by atoms with Gasteiger partial charge in [-0.05, 0) is 25.6 Å². The van der Waals surface area contributed by atoms with Crippen LogP contribution >= 0.6 is 11.8 Å². The highest BCUT2D eigenvalue weighted by Crippen LogP contribution is 2.53. The van der Waals surface area contributed by atoms with Crippen LogP contribution in [0, 0.1) is 0 Å². The van der Waals surface area contributed by atoms with Crippen LogP contribution in [0.4, 0.5) is 26.3 Å². The van der Waals surface area contributed by atoms with E-state index in [2.05, 4.69) is 10.2 Å². The Labute approximate surface area is 107 Å². The zero-order valence-corrected chi connectivity index (χ0v) is 10.3. The molecule has 11 heteroatoms. The van der Waals surface area contributed by atoms with Crippen molar-refractivity contribution in [2.75, 3.05) is 0 Å². The van der Waals surface area contributed by atoms with Gasteiger partial charge in [0, 0.05) is 5.71 Å². The Morgan fingerprint density at radius 1 is 1.26 bits per heavy atom. The molecule has 0 aromatic carbocycles. The summed E-state index contributed by atoms with van der Waals surface area (Å²) in [6.45, 7) is 2.91. The summed E-state index contributed by atoms with van der Waals surface area (Å²) in [5, 5.41) is 2.71. The highest BCUT2D eigenvalue weighted by Gasteiger charge is 2.77. The minimum atomic E-state index is -6.20.